The molecule has 0 radical (unpaired) electrons. The molecule has 0 aliphatic rings. The Morgan fingerprint density at radius 3 is 2.63 bits per heavy atom. The third kappa shape index (κ3) is 4.11. The number of rotatable bonds is 5. The first kappa shape index (κ1) is 18.5. The van der Waals surface area contributed by atoms with Gasteiger partial charge < -0.3 is 14.2 Å². The van der Waals surface area contributed by atoms with Crippen LogP contribution in [0.5, 0.6) is 0 Å². The summed E-state index contributed by atoms with van der Waals surface area (Å²) in [6, 6.07) is 7.41. The lowest BCUT2D eigenvalue weighted by molar-refractivity contribution is -0.133. The zero-order chi connectivity index (χ0) is 19.6. The van der Waals surface area contributed by atoms with Gasteiger partial charge in [0.05, 0.1) is 16.6 Å². The molecule has 7 nitrogen and oxygen atoms in total. The summed E-state index contributed by atoms with van der Waals surface area (Å²) in [5, 5.41) is 4.28. The number of esters is 1. The average molecular weight is 371 g/mol. The van der Waals surface area contributed by atoms with Crippen molar-refractivity contribution in [2.45, 2.75) is 20.4 Å². The Labute approximate surface area is 154 Å². The van der Waals surface area contributed by atoms with Gasteiger partial charge in [-0.1, -0.05) is 17.3 Å². The first-order chi connectivity index (χ1) is 12.8. The number of carbonyl (C=O) groups excluding carboxylic acids is 2. The van der Waals surface area contributed by atoms with Crippen LogP contribution in [-0.2, 0) is 16.1 Å². The van der Waals surface area contributed by atoms with Crippen LogP contribution >= 0.6 is 0 Å². The van der Waals surface area contributed by atoms with Crippen molar-refractivity contribution in [1.29, 1.82) is 0 Å². The van der Waals surface area contributed by atoms with E-state index in [1.807, 2.05) is 0 Å². The van der Waals surface area contributed by atoms with Crippen molar-refractivity contribution >= 4 is 23.0 Å². The smallest absolute Gasteiger partial charge is 0.339 e. The van der Waals surface area contributed by atoms with E-state index in [2.05, 4.69) is 10.1 Å². The summed E-state index contributed by atoms with van der Waals surface area (Å²) in [4.78, 5) is 30.3. The molecule has 2 heterocycles. The van der Waals surface area contributed by atoms with Crippen LogP contribution in [0.2, 0.25) is 0 Å². The van der Waals surface area contributed by atoms with Crippen LogP contribution in [0.4, 0.5) is 4.39 Å². The van der Waals surface area contributed by atoms with E-state index in [1.165, 1.54) is 17.0 Å². The number of amides is 1. The molecule has 0 atom stereocenters. The average Bonchev–Trinajstić information content (AvgIpc) is 3.01. The molecule has 27 heavy (non-hydrogen) atoms. The topological polar surface area (TPSA) is 85.5 Å². The van der Waals surface area contributed by atoms with E-state index in [9.17, 15) is 14.0 Å². The molecule has 0 aliphatic carbocycles. The molecular formula is C19H18FN3O4. The fraction of sp³-hybridized carbons (Fsp3) is 0.263. The summed E-state index contributed by atoms with van der Waals surface area (Å²) in [6.45, 7) is 3.28. The molecule has 140 valence electrons. The minimum absolute atomic E-state index is 0.249. The third-order valence-corrected chi connectivity index (χ3v) is 4.05. The van der Waals surface area contributed by atoms with Gasteiger partial charge in [0.25, 0.3) is 11.6 Å². The van der Waals surface area contributed by atoms with Gasteiger partial charge in [0.1, 0.15) is 5.82 Å². The van der Waals surface area contributed by atoms with E-state index in [0.29, 0.717) is 16.8 Å². The highest BCUT2D eigenvalue weighted by atomic mass is 19.1. The van der Waals surface area contributed by atoms with Crippen molar-refractivity contribution in [2.24, 2.45) is 0 Å². The van der Waals surface area contributed by atoms with Crippen molar-refractivity contribution in [1.82, 2.24) is 15.0 Å². The first-order valence-corrected chi connectivity index (χ1v) is 8.24. The highest BCUT2D eigenvalue weighted by Crippen LogP contribution is 2.22. The molecule has 0 fully saturated rings. The standard InChI is InChI=1S/C19H18FN3O4/c1-11-8-15(17-12(2)22-27-18(17)21-11)19(25)26-10-16(24)23(3)9-13-4-6-14(20)7-5-13/h4-8H,9-10H2,1-3H3. The second-order valence-corrected chi connectivity index (χ2v) is 6.21. The lowest BCUT2D eigenvalue weighted by Crippen LogP contribution is -2.30. The van der Waals surface area contributed by atoms with Crippen LogP contribution < -0.4 is 0 Å². The molecule has 3 rings (SSSR count). The number of benzene rings is 1. The van der Waals surface area contributed by atoms with E-state index in [1.54, 1.807) is 39.1 Å². The molecule has 1 amide bonds. The SMILES string of the molecule is Cc1cc(C(=O)OCC(=O)N(C)Cc2ccc(F)cc2)c2c(C)noc2n1. The number of nitrogens with zero attached hydrogens (tertiary/aromatic N) is 3. The van der Waals surface area contributed by atoms with Crippen LogP contribution in [-0.4, -0.2) is 40.6 Å². The molecule has 0 spiro atoms. The van der Waals surface area contributed by atoms with Crippen LogP contribution in [0.25, 0.3) is 11.1 Å². The van der Waals surface area contributed by atoms with Crippen LogP contribution in [0, 0.1) is 19.7 Å². The zero-order valence-electron chi connectivity index (χ0n) is 15.2. The number of pyridine rings is 1. The summed E-state index contributed by atoms with van der Waals surface area (Å²) >= 11 is 0. The Hall–Kier alpha value is -3.29. The molecular weight excluding hydrogens is 353 g/mol. The van der Waals surface area contributed by atoms with Crippen molar-refractivity contribution in [2.75, 3.05) is 13.7 Å². The summed E-state index contributed by atoms with van der Waals surface area (Å²) in [7, 11) is 1.58. The first-order valence-electron chi connectivity index (χ1n) is 8.24. The van der Waals surface area contributed by atoms with Gasteiger partial charge in [0, 0.05) is 19.3 Å². The minimum Gasteiger partial charge on any atom is -0.452 e. The highest BCUT2D eigenvalue weighted by molar-refractivity contribution is 6.03. The van der Waals surface area contributed by atoms with Crippen LogP contribution in [0.1, 0.15) is 27.3 Å². The number of ether oxygens (including phenoxy) is 1. The Bertz CT molecular complexity index is 998. The van der Waals surface area contributed by atoms with E-state index in [-0.39, 0.29) is 29.5 Å². The fourth-order valence-corrected chi connectivity index (χ4v) is 2.65. The lowest BCUT2D eigenvalue weighted by Gasteiger charge is -2.17. The molecule has 0 bridgehead atoms. The fourth-order valence-electron chi connectivity index (χ4n) is 2.65. The van der Waals surface area contributed by atoms with Gasteiger partial charge in [-0.25, -0.2) is 14.2 Å². The molecule has 1 aromatic carbocycles. The molecule has 0 unspecified atom stereocenters. The second kappa shape index (κ2) is 7.53. The number of carbonyl (C=O) groups is 2. The van der Waals surface area contributed by atoms with E-state index in [4.69, 9.17) is 9.26 Å². The number of hydrogen-bond donors (Lipinski definition) is 0. The summed E-state index contributed by atoms with van der Waals surface area (Å²) in [5.41, 5.74) is 2.36. The number of fused-ring (bicyclic) bond motifs is 1. The largest absolute Gasteiger partial charge is 0.452 e. The highest BCUT2D eigenvalue weighted by Gasteiger charge is 2.20. The predicted molar refractivity (Wildman–Crippen MR) is 94.4 cm³/mol. The molecule has 0 saturated heterocycles. The maximum absolute atomic E-state index is 12.9. The van der Waals surface area contributed by atoms with Crippen molar-refractivity contribution < 1.29 is 23.2 Å². The quantitative estimate of drug-likeness (QED) is 0.641. The summed E-state index contributed by atoms with van der Waals surface area (Å²) in [5.74, 6) is -1.37. The number of halogens is 1. The molecule has 8 heteroatoms. The molecule has 0 N–H and O–H groups in total. The van der Waals surface area contributed by atoms with E-state index in [0.717, 1.165) is 5.56 Å². The van der Waals surface area contributed by atoms with Crippen LogP contribution in [0.15, 0.2) is 34.9 Å². The summed E-state index contributed by atoms with van der Waals surface area (Å²) < 4.78 is 23.2. The zero-order valence-corrected chi connectivity index (χ0v) is 15.2. The number of hydrogen-bond acceptors (Lipinski definition) is 6. The van der Waals surface area contributed by atoms with Gasteiger partial charge in [-0.05, 0) is 37.6 Å². The number of aryl methyl sites for hydroxylation is 2. The van der Waals surface area contributed by atoms with Gasteiger partial charge >= 0.3 is 5.97 Å². The van der Waals surface area contributed by atoms with Gasteiger partial charge in [-0.2, -0.15) is 0 Å². The predicted octanol–water partition coefficient (Wildman–Crippen LogP) is 2.79. The minimum atomic E-state index is -0.652. The van der Waals surface area contributed by atoms with Gasteiger partial charge in [-0.15, -0.1) is 0 Å². The third-order valence-electron chi connectivity index (χ3n) is 4.05. The molecule has 3 aromatic rings. The maximum Gasteiger partial charge on any atom is 0.339 e. The number of likely N-dealkylation sites (N-methyl/N-ethyl adjacent to an activating group) is 1. The Balaban J connectivity index is 1.66. The van der Waals surface area contributed by atoms with Crippen molar-refractivity contribution in [3.05, 3.63) is 58.7 Å². The molecule has 0 aliphatic heterocycles. The number of aromatic nitrogens is 2. The van der Waals surface area contributed by atoms with Crippen molar-refractivity contribution in [3.63, 3.8) is 0 Å². The van der Waals surface area contributed by atoms with Gasteiger partial charge in [0.2, 0.25) is 0 Å². The maximum atomic E-state index is 12.9. The Morgan fingerprint density at radius 1 is 1.22 bits per heavy atom. The monoisotopic (exact) mass is 371 g/mol. The van der Waals surface area contributed by atoms with E-state index >= 15 is 0 Å². The molecule has 2 aromatic heterocycles. The normalized spacial score (nSPS) is 10.8. The Morgan fingerprint density at radius 2 is 1.93 bits per heavy atom. The van der Waals surface area contributed by atoms with Crippen LogP contribution in [0.3, 0.4) is 0 Å². The lowest BCUT2D eigenvalue weighted by atomic mass is 10.1. The van der Waals surface area contributed by atoms with Gasteiger partial charge in [-0.3, -0.25) is 4.79 Å². The molecule has 0 saturated carbocycles. The van der Waals surface area contributed by atoms with Gasteiger partial charge in [0.15, 0.2) is 6.61 Å². The second-order valence-electron chi connectivity index (χ2n) is 6.21. The van der Waals surface area contributed by atoms with E-state index < -0.39 is 12.6 Å². The van der Waals surface area contributed by atoms with Crippen molar-refractivity contribution in [3.8, 4) is 0 Å². The summed E-state index contributed by atoms with van der Waals surface area (Å²) in [6.07, 6.45) is 0. The Kier molecular flexibility index (Phi) is 5.16.